The third-order valence-electron chi connectivity index (χ3n) is 3.64. The first kappa shape index (κ1) is 14.0. The third-order valence-corrected chi connectivity index (χ3v) is 3.86. The van der Waals surface area contributed by atoms with Gasteiger partial charge in [-0.3, -0.25) is 4.90 Å². The van der Waals surface area contributed by atoms with E-state index in [2.05, 4.69) is 14.5 Å². The molecule has 6 heteroatoms. The Morgan fingerprint density at radius 1 is 1.33 bits per heavy atom. The van der Waals surface area contributed by atoms with Gasteiger partial charge in [0.15, 0.2) is 0 Å². The van der Waals surface area contributed by atoms with Gasteiger partial charge in [0.1, 0.15) is 23.2 Å². The van der Waals surface area contributed by atoms with E-state index in [1.54, 1.807) is 0 Å². The molecule has 0 amide bonds. The molecule has 1 aliphatic rings. The molecule has 110 valence electrons. The summed E-state index contributed by atoms with van der Waals surface area (Å²) < 4.78 is 8.03. The maximum atomic E-state index is 5.83. The quantitative estimate of drug-likeness (QED) is 0.846. The van der Waals surface area contributed by atoms with Gasteiger partial charge in [0.2, 0.25) is 0 Å². The third kappa shape index (κ3) is 3.22. The number of imidazole rings is 1. The molecule has 1 aromatic carbocycles. The lowest BCUT2D eigenvalue weighted by Crippen LogP contribution is -2.36. The number of hydrogen-bond donors (Lipinski definition) is 1. The zero-order chi connectivity index (χ0) is 14.7. The van der Waals surface area contributed by atoms with Gasteiger partial charge in [-0.05, 0) is 12.1 Å². The van der Waals surface area contributed by atoms with Crippen LogP contribution in [0.3, 0.4) is 0 Å². The van der Waals surface area contributed by atoms with Crippen LogP contribution in [0.15, 0.2) is 36.7 Å². The molecule has 0 radical (unpaired) electrons. The van der Waals surface area contributed by atoms with Crippen molar-refractivity contribution >= 4 is 17.2 Å². The molecule has 3 rings (SSSR count). The van der Waals surface area contributed by atoms with Gasteiger partial charge in [0.05, 0.1) is 12.1 Å². The van der Waals surface area contributed by atoms with Crippen molar-refractivity contribution in [3.05, 3.63) is 48.0 Å². The van der Waals surface area contributed by atoms with Crippen LogP contribution in [0.25, 0.3) is 0 Å². The number of aromatic nitrogens is 2. The Morgan fingerprint density at radius 3 is 3.05 bits per heavy atom. The number of nitrogens with two attached hydrogens (primary N) is 1. The molecule has 0 bridgehead atoms. The number of fused-ring (bicyclic) bond motifs is 1. The van der Waals surface area contributed by atoms with Gasteiger partial charge in [-0.25, -0.2) is 4.98 Å². The number of ether oxygens (including phenoxy) is 1. The van der Waals surface area contributed by atoms with E-state index in [0.29, 0.717) is 11.6 Å². The summed E-state index contributed by atoms with van der Waals surface area (Å²) in [6.45, 7) is 4.34. The maximum absolute atomic E-state index is 5.83. The van der Waals surface area contributed by atoms with E-state index < -0.39 is 0 Å². The average Bonchev–Trinajstić information content (AvgIpc) is 2.95. The molecule has 2 heterocycles. The summed E-state index contributed by atoms with van der Waals surface area (Å²) in [7, 11) is 0. The topological polar surface area (TPSA) is 56.3 Å². The average molecular weight is 302 g/mol. The van der Waals surface area contributed by atoms with Crippen molar-refractivity contribution in [2.24, 2.45) is 5.73 Å². The molecule has 0 aliphatic carbocycles. The number of para-hydroxylation sites is 1. The Hall–Kier alpha value is -1.92. The smallest absolute Gasteiger partial charge is 0.129 e. The van der Waals surface area contributed by atoms with E-state index in [9.17, 15) is 0 Å². The summed E-state index contributed by atoms with van der Waals surface area (Å²) in [4.78, 5) is 7.06. The molecule has 21 heavy (non-hydrogen) atoms. The highest BCUT2D eigenvalue weighted by Crippen LogP contribution is 2.18. The molecule has 0 atom stereocenters. The summed E-state index contributed by atoms with van der Waals surface area (Å²) in [6, 6.07) is 7.62. The second kappa shape index (κ2) is 6.24. The first-order chi connectivity index (χ1) is 10.2. The van der Waals surface area contributed by atoms with E-state index in [4.69, 9.17) is 22.7 Å². The molecule has 2 aromatic rings. The predicted octanol–water partition coefficient (Wildman–Crippen LogP) is 1.41. The van der Waals surface area contributed by atoms with Crippen LogP contribution < -0.4 is 10.5 Å². The van der Waals surface area contributed by atoms with Crippen LogP contribution in [0.1, 0.15) is 11.4 Å². The molecule has 0 saturated carbocycles. The highest BCUT2D eigenvalue weighted by atomic mass is 32.1. The second-order valence-electron chi connectivity index (χ2n) is 5.02. The van der Waals surface area contributed by atoms with Crippen molar-refractivity contribution < 1.29 is 4.74 Å². The second-order valence-corrected chi connectivity index (χ2v) is 5.46. The lowest BCUT2D eigenvalue weighted by atomic mass is 10.2. The predicted molar refractivity (Wildman–Crippen MR) is 85.3 cm³/mol. The minimum Gasteiger partial charge on any atom is -0.492 e. The molecule has 5 nitrogen and oxygen atoms in total. The van der Waals surface area contributed by atoms with Crippen molar-refractivity contribution in [3.8, 4) is 5.75 Å². The van der Waals surface area contributed by atoms with Crippen LogP contribution in [0, 0.1) is 0 Å². The fraction of sp³-hybridized carbons (Fsp3) is 0.333. The molecular weight excluding hydrogens is 284 g/mol. The van der Waals surface area contributed by atoms with Crippen LogP contribution in [0.2, 0.25) is 0 Å². The largest absolute Gasteiger partial charge is 0.492 e. The molecule has 0 fully saturated rings. The standard InChI is InChI=1S/C15H18N4OS/c16-15(21)12-3-1-2-4-13(12)20-10-9-18-7-8-19-6-5-17-14(19)11-18/h1-6H,7-11H2,(H2,16,21). The van der Waals surface area contributed by atoms with Gasteiger partial charge in [0, 0.05) is 32.0 Å². The number of rotatable bonds is 5. The monoisotopic (exact) mass is 302 g/mol. The normalized spacial score (nSPS) is 14.7. The Balaban J connectivity index is 1.54. The minimum atomic E-state index is 0.366. The first-order valence-electron chi connectivity index (χ1n) is 6.98. The van der Waals surface area contributed by atoms with Crippen LogP contribution >= 0.6 is 12.2 Å². The minimum absolute atomic E-state index is 0.366. The van der Waals surface area contributed by atoms with Crippen molar-refractivity contribution in [1.29, 1.82) is 0 Å². The summed E-state index contributed by atoms with van der Waals surface area (Å²) in [6.07, 6.45) is 3.88. The molecule has 1 aromatic heterocycles. The lowest BCUT2D eigenvalue weighted by Gasteiger charge is -2.27. The first-order valence-corrected chi connectivity index (χ1v) is 7.39. The van der Waals surface area contributed by atoms with Gasteiger partial charge in [0.25, 0.3) is 0 Å². The zero-order valence-electron chi connectivity index (χ0n) is 11.7. The van der Waals surface area contributed by atoms with E-state index in [0.717, 1.165) is 43.3 Å². The van der Waals surface area contributed by atoms with Crippen molar-refractivity contribution in [2.45, 2.75) is 13.1 Å². The van der Waals surface area contributed by atoms with Gasteiger partial charge in [-0.1, -0.05) is 24.4 Å². The summed E-state index contributed by atoms with van der Waals surface area (Å²) in [5.74, 6) is 1.87. The summed E-state index contributed by atoms with van der Waals surface area (Å²) in [5, 5.41) is 0. The Bertz CT molecular complexity index is 640. The number of hydrogen-bond acceptors (Lipinski definition) is 4. The van der Waals surface area contributed by atoms with Crippen molar-refractivity contribution in [1.82, 2.24) is 14.5 Å². The summed E-state index contributed by atoms with van der Waals surface area (Å²) in [5.41, 5.74) is 6.49. The number of nitrogens with zero attached hydrogens (tertiary/aromatic N) is 3. The molecule has 2 N–H and O–H groups in total. The fourth-order valence-electron chi connectivity index (χ4n) is 2.50. The Labute approximate surface area is 129 Å². The van der Waals surface area contributed by atoms with Gasteiger partial charge in [-0.15, -0.1) is 0 Å². The molecule has 1 aliphatic heterocycles. The Morgan fingerprint density at radius 2 is 2.19 bits per heavy atom. The Kier molecular flexibility index (Phi) is 4.17. The van der Waals surface area contributed by atoms with Crippen LogP contribution in [0.5, 0.6) is 5.75 Å². The highest BCUT2D eigenvalue weighted by molar-refractivity contribution is 7.80. The van der Waals surface area contributed by atoms with Gasteiger partial charge < -0.3 is 15.0 Å². The molecule has 0 spiro atoms. The van der Waals surface area contributed by atoms with Crippen LogP contribution in [-0.4, -0.2) is 39.1 Å². The van der Waals surface area contributed by atoms with Gasteiger partial charge >= 0.3 is 0 Å². The number of benzene rings is 1. The SMILES string of the molecule is NC(=S)c1ccccc1OCCN1CCn2ccnc2C1. The van der Waals surface area contributed by atoms with E-state index >= 15 is 0 Å². The highest BCUT2D eigenvalue weighted by Gasteiger charge is 2.16. The van der Waals surface area contributed by atoms with Crippen LogP contribution in [0.4, 0.5) is 0 Å². The van der Waals surface area contributed by atoms with Gasteiger partial charge in [-0.2, -0.15) is 0 Å². The van der Waals surface area contributed by atoms with E-state index in [1.165, 1.54) is 0 Å². The van der Waals surface area contributed by atoms with E-state index in [1.807, 2.05) is 36.7 Å². The van der Waals surface area contributed by atoms with Crippen molar-refractivity contribution in [3.63, 3.8) is 0 Å². The summed E-state index contributed by atoms with van der Waals surface area (Å²) >= 11 is 5.04. The maximum Gasteiger partial charge on any atom is 0.129 e. The lowest BCUT2D eigenvalue weighted by molar-refractivity contribution is 0.174. The molecular formula is C15H18N4OS. The van der Waals surface area contributed by atoms with Crippen LogP contribution in [-0.2, 0) is 13.1 Å². The zero-order valence-corrected chi connectivity index (χ0v) is 12.6. The number of thiocarbonyl (C=S) groups is 1. The van der Waals surface area contributed by atoms with E-state index in [-0.39, 0.29) is 0 Å². The van der Waals surface area contributed by atoms with Crippen molar-refractivity contribution in [2.75, 3.05) is 19.7 Å². The molecule has 0 saturated heterocycles. The fourth-order valence-corrected chi connectivity index (χ4v) is 2.66. The molecule has 0 unspecified atom stereocenters.